The topological polar surface area (TPSA) is 63.4 Å². The van der Waals surface area contributed by atoms with Crippen LogP contribution in [-0.2, 0) is 11.2 Å². The number of piperidine rings is 1. The molecule has 4 rings (SSSR count). The van der Waals surface area contributed by atoms with Crippen molar-refractivity contribution in [3.63, 3.8) is 0 Å². The van der Waals surface area contributed by atoms with Crippen LogP contribution in [0.1, 0.15) is 42.1 Å². The molecule has 25 heavy (non-hydrogen) atoms. The molecule has 0 radical (unpaired) electrons. The van der Waals surface area contributed by atoms with E-state index in [1.54, 1.807) is 10.7 Å². The van der Waals surface area contributed by atoms with E-state index in [1.165, 1.54) is 11.9 Å². The van der Waals surface area contributed by atoms with Gasteiger partial charge in [-0.3, -0.25) is 4.79 Å². The number of rotatable bonds is 3. The average molecular weight is 335 g/mol. The highest BCUT2D eigenvalue weighted by Gasteiger charge is 2.30. The molecule has 2 aromatic heterocycles. The van der Waals surface area contributed by atoms with E-state index in [0.29, 0.717) is 12.2 Å². The number of amides is 1. The highest BCUT2D eigenvalue weighted by molar-refractivity contribution is 5.79. The van der Waals surface area contributed by atoms with Gasteiger partial charge in [0.25, 0.3) is 5.78 Å². The Balaban J connectivity index is 1.63. The molecule has 0 unspecified atom stereocenters. The van der Waals surface area contributed by atoms with Crippen LogP contribution in [0.5, 0.6) is 0 Å². The van der Waals surface area contributed by atoms with Crippen molar-refractivity contribution in [3.05, 3.63) is 59.7 Å². The number of carbonyl (C=O) groups is 1. The molecule has 0 aliphatic carbocycles. The minimum absolute atomic E-state index is 0.0262. The lowest BCUT2D eigenvalue weighted by atomic mass is 9.97. The zero-order valence-electron chi connectivity index (χ0n) is 14.3. The third-order valence-corrected chi connectivity index (χ3v) is 4.81. The van der Waals surface area contributed by atoms with Crippen LogP contribution in [-0.4, -0.2) is 36.9 Å². The smallest absolute Gasteiger partial charge is 0.252 e. The molecule has 6 nitrogen and oxygen atoms in total. The van der Waals surface area contributed by atoms with E-state index in [4.69, 9.17) is 0 Å². The van der Waals surface area contributed by atoms with Crippen LogP contribution in [0, 0.1) is 6.92 Å². The minimum Gasteiger partial charge on any atom is -0.334 e. The predicted molar refractivity (Wildman–Crippen MR) is 94.0 cm³/mol. The van der Waals surface area contributed by atoms with Gasteiger partial charge >= 0.3 is 0 Å². The number of aryl methyl sites for hydroxylation is 1. The first-order valence-electron chi connectivity index (χ1n) is 8.72. The number of nitrogens with zero attached hydrogens (tertiary/aromatic N) is 5. The fraction of sp³-hybridized carbons (Fsp3) is 0.368. The third-order valence-electron chi connectivity index (χ3n) is 4.81. The second-order valence-corrected chi connectivity index (χ2v) is 6.61. The Hall–Kier alpha value is -2.76. The molecule has 1 fully saturated rings. The van der Waals surface area contributed by atoms with Gasteiger partial charge in [0.2, 0.25) is 5.91 Å². The van der Waals surface area contributed by atoms with E-state index in [0.717, 1.165) is 37.1 Å². The third kappa shape index (κ3) is 3.12. The fourth-order valence-corrected chi connectivity index (χ4v) is 3.64. The van der Waals surface area contributed by atoms with E-state index in [9.17, 15) is 4.79 Å². The molecule has 6 heteroatoms. The van der Waals surface area contributed by atoms with Crippen LogP contribution in [0.2, 0.25) is 0 Å². The van der Waals surface area contributed by atoms with Crippen molar-refractivity contribution in [1.82, 2.24) is 24.5 Å². The van der Waals surface area contributed by atoms with Crippen LogP contribution in [0.4, 0.5) is 0 Å². The SMILES string of the molecule is Cc1cccc(CC(=O)N2CCCC[C@H]2c2ccnc3ncnn23)c1. The summed E-state index contributed by atoms with van der Waals surface area (Å²) in [6.07, 6.45) is 6.78. The highest BCUT2D eigenvalue weighted by Crippen LogP contribution is 2.31. The molecular formula is C19H21N5O. The van der Waals surface area contributed by atoms with E-state index in [1.807, 2.05) is 23.1 Å². The van der Waals surface area contributed by atoms with Crippen molar-refractivity contribution >= 4 is 11.7 Å². The van der Waals surface area contributed by atoms with Gasteiger partial charge in [0, 0.05) is 12.7 Å². The maximum Gasteiger partial charge on any atom is 0.252 e. The highest BCUT2D eigenvalue weighted by atomic mass is 16.2. The number of hydrogen-bond acceptors (Lipinski definition) is 4. The maximum absolute atomic E-state index is 13.0. The molecule has 3 aromatic rings. The van der Waals surface area contributed by atoms with E-state index >= 15 is 0 Å². The quantitative estimate of drug-likeness (QED) is 0.738. The molecule has 3 heterocycles. The summed E-state index contributed by atoms with van der Waals surface area (Å²) < 4.78 is 1.75. The van der Waals surface area contributed by atoms with Gasteiger partial charge in [-0.15, -0.1) is 0 Å². The summed E-state index contributed by atoms with van der Waals surface area (Å²) in [5.41, 5.74) is 3.23. The number of likely N-dealkylation sites (tertiary alicyclic amines) is 1. The molecular weight excluding hydrogens is 314 g/mol. The summed E-state index contributed by atoms with van der Waals surface area (Å²) in [6.45, 7) is 2.84. The summed E-state index contributed by atoms with van der Waals surface area (Å²) in [7, 11) is 0. The molecule has 128 valence electrons. The van der Waals surface area contributed by atoms with E-state index < -0.39 is 0 Å². The lowest BCUT2D eigenvalue weighted by molar-refractivity contribution is -0.134. The second-order valence-electron chi connectivity index (χ2n) is 6.61. The molecule has 1 aliphatic heterocycles. The normalized spacial score (nSPS) is 17.8. The minimum atomic E-state index is 0.0262. The number of hydrogen-bond donors (Lipinski definition) is 0. The van der Waals surface area contributed by atoms with Crippen molar-refractivity contribution in [2.45, 2.75) is 38.6 Å². The Labute approximate surface area is 146 Å². The summed E-state index contributed by atoms with van der Waals surface area (Å²) in [5, 5.41) is 4.29. The monoisotopic (exact) mass is 335 g/mol. The zero-order valence-corrected chi connectivity index (χ0v) is 14.3. The summed E-state index contributed by atoms with van der Waals surface area (Å²) in [6, 6.07) is 10.1. The van der Waals surface area contributed by atoms with Crippen molar-refractivity contribution in [1.29, 1.82) is 0 Å². The van der Waals surface area contributed by atoms with Crippen molar-refractivity contribution in [3.8, 4) is 0 Å². The Morgan fingerprint density at radius 3 is 3.04 bits per heavy atom. The first-order valence-corrected chi connectivity index (χ1v) is 8.72. The van der Waals surface area contributed by atoms with Gasteiger partial charge in [0.1, 0.15) is 6.33 Å². The standard InChI is InChI=1S/C19H21N5O/c1-14-5-4-6-15(11-14)12-18(25)23-10-3-2-7-16(23)17-8-9-20-19-21-13-22-24(17)19/h4-6,8-9,11,13,16H,2-3,7,10,12H2,1H3/t16-/m0/s1. The fourth-order valence-electron chi connectivity index (χ4n) is 3.64. The van der Waals surface area contributed by atoms with Gasteiger partial charge in [-0.05, 0) is 37.8 Å². The van der Waals surface area contributed by atoms with Gasteiger partial charge in [-0.1, -0.05) is 29.8 Å². The molecule has 1 saturated heterocycles. The first kappa shape index (κ1) is 15.7. The van der Waals surface area contributed by atoms with Crippen LogP contribution in [0.25, 0.3) is 5.78 Å². The molecule has 0 saturated carbocycles. The molecule has 0 bridgehead atoms. The van der Waals surface area contributed by atoms with Crippen LogP contribution >= 0.6 is 0 Å². The van der Waals surface area contributed by atoms with Gasteiger partial charge < -0.3 is 4.90 Å². The summed E-state index contributed by atoms with van der Waals surface area (Å²) in [5.74, 6) is 0.745. The molecule has 0 N–H and O–H groups in total. The predicted octanol–water partition coefficient (Wildman–Crippen LogP) is 2.73. The molecule has 1 aliphatic rings. The summed E-state index contributed by atoms with van der Waals surface area (Å²) >= 11 is 0. The molecule has 0 spiro atoms. The van der Waals surface area contributed by atoms with Crippen molar-refractivity contribution in [2.75, 3.05) is 6.54 Å². The zero-order chi connectivity index (χ0) is 17.2. The Bertz CT molecular complexity index is 903. The maximum atomic E-state index is 13.0. The van der Waals surface area contributed by atoms with Crippen LogP contribution in [0.15, 0.2) is 42.9 Å². The number of benzene rings is 1. The molecule has 1 amide bonds. The summed E-state index contributed by atoms with van der Waals surface area (Å²) in [4.78, 5) is 23.4. The molecule has 1 aromatic carbocycles. The Morgan fingerprint density at radius 2 is 2.16 bits per heavy atom. The van der Waals surface area contributed by atoms with Gasteiger partial charge in [-0.25, -0.2) is 4.98 Å². The van der Waals surface area contributed by atoms with E-state index in [2.05, 4.69) is 34.1 Å². The molecule has 1 atom stereocenters. The van der Waals surface area contributed by atoms with Crippen molar-refractivity contribution in [2.24, 2.45) is 0 Å². The lowest BCUT2D eigenvalue weighted by Gasteiger charge is -2.36. The number of aromatic nitrogens is 4. The second kappa shape index (κ2) is 6.63. The van der Waals surface area contributed by atoms with Crippen LogP contribution in [0.3, 0.4) is 0 Å². The Morgan fingerprint density at radius 1 is 1.24 bits per heavy atom. The van der Waals surface area contributed by atoms with Gasteiger partial charge in [0.15, 0.2) is 0 Å². The van der Waals surface area contributed by atoms with Gasteiger partial charge in [-0.2, -0.15) is 14.6 Å². The van der Waals surface area contributed by atoms with E-state index in [-0.39, 0.29) is 11.9 Å². The van der Waals surface area contributed by atoms with Gasteiger partial charge in [0.05, 0.1) is 18.2 Å². The largest absolute Gasteiger partial charge is 0.334 e. The van der Waals surface area contributed by atoms with Crippen molar-refractivity contribution < 1.29 is 4.79 Å². The van der Waals surface area contributed by atoms with Crippen LogP contribution < -0.4 is 0 Å². The lowest BCUT2D eigenvalue weighted by Crippen LogP contribution is -2.40. The number of carbonyl (C=O) groups excluding carboxylic acids is 1. The number of fused-ring (bicyclic) bond motifs is 1. The Kier molecular flexibility index (Phi) is 4.17. The first-order chi connectivity index (χ1) is 12.2. The average Bonchev–Trinajstić information content (AvgIpc) is 3.10.